The number of urea groups is 1. The first-order valence-electron chi connectivity index (χ1n) is 18.1. The lowest BCUT2D eigenvalue weighted by Crippen LogP contribution is -2.48. The summed E-state index contributed by atoms with van der Waals surface area (Å²) in [5.41, 5.74) is 2.20. The molecule has 0 aliphatic carbocycles. The summed E-state index contributed by atoms with van der Waals surface area (Å²) in [7, 11) is 2.72. The smallest absolute Gasteiger partial charge is 0.411 e. The molecule has 3 N–H and O–H groups in total. The van der Waals surface area contributed by atoms with Gasteiger partial charge in [-0.2, -0.15) is 0 Å². The van der Waals surface area contributed by atoms with Crippen molar-refractivity contribution in [2.45, 2.75) is 50.6 Å². The van der Waals surface area contributed by atoms with Gasteiger partial charge in [0, 0.05) is 10.9 Å². The van der Waals surface area contributed by atoms with Crippen molar-refractivity contribution >= 4 is 45.9 Å². The number of hydrogen-bond acceptors (Lipinski definition) is 8. The van der Waals surface area contributed by atoms with Crippen LogP contribution >= 0.6 is 0 Å². The van der Waals surface area contributed by atoms with Gasteiger partial charge in [-0.1, -0.05) is 81.4 Å². The van der Waals surface area contributed by atoms with E-state index in [1.807, 2.05) is 106 Å². The van der Waals surface area contributed by atoms with Crippen LogP contribution in [0, 0.1) is 0 Å². The molecular weight excluding hydrogens is 700 g/mol. The summed E-state index contributed by atoms with van der Waals surface area (Å²) in [5, 5.41) is 9.86. The zero-order chi connectivity index (χ0) is 38.7. The Morgan fingerprint density at radius 3 is 1.75 bits per heavy atom. The Bertz CT molecular complexity index is 2140. The summed E-state index contributed by atoms with van der Waals surface area (Å²) in [5.74, 6) is 1.48. The van der Waals surface area contributed by atoms with Crippen LogP contribution in [-0.4, -0.2) is 74.7 Å². The number of anilines is 3. The minimum Gasteiger partial charge on any atom is -0.492 e. The Morgan fingerprint density at radius 2 is 1.20 bits per heavy atom. The number of para-hydroxylation sites is 2. The van der Waals surface area contributed by atoms with Crippen molar-refractivity contribution in [3.05, 3.63) is 120 Å². The van der Waals surface area contributed by atoms with E-state index in [1.165, 1.54) is 14.2 Å². The van der Waals surface area contributed by atoms with E-state index in [1.54, 1.807) is 29.2 Å². The number of fused-ring (bicyclic) bond motifs is 3. The normalized spacial score (nSPS) is 19.0. The molecule has 0 spiro atoms. The molecule has 4 amide bonds. The molecule has 0 saturated carbocycles. The van der Waals surface area contributed by atoms with Crippen molar-refractivity contribution < 1.29 is 38.1 Å². The molecule has 2 fully saturated rings. The van der Waals surface area contributed by atoms with Crippen molar-refractivity contribution in [3.63, 3.8) is 0 Å². The largest absolute Gasteiger partial charge is 0.492 e. The molecule has 55 heavy (non-hydrogen) atoms. The minimum atomic E-state index is -0.675. The van der Waals surface area contributed by atoms with Crippen molar-refractivity contribution in [3.8, 4) is 17.2 Å². The molecular formula is C43H44N4O8. The maximum Gasteiger partial charge on any atom is 0.411 e. The van der Waals surface area contributed by atoms with Crippen LogP contribution in [0.3, 0.4) is 0 Å². The third kappa shape index (κ3) is 8.00. The van der Waals surface area contributed by atoms with Gasteiger partial charge in [0.05, 0.1) is 44.4 Å². The average molecular weight is 745 g/mol. The van der Waals surface area contributed by atoms with E-state index in [0.717, 1.165) is 5.56 Å². The molecule has 5 aromatic carbocycles. The highest BCUT2D eigenvalue weighted by atomic mass is 16.6. The second-order valence-corrected chi connectivity index (χ2v) is 14.5. The summed E-state index contributed by atoms with van der Waals surface area (Å²) < 4.78 is 29.8. The van der Waals surface area contributed by atoms with Gasteiger partial charge in [0.1, 0.15) is 23.7 Å². The Balaban J connectivity index is 1.13. The van der Waals surface area contributed by atoms with Gasteiger partial charge in [0.25, 0.3) is 5.91 Å². The van der Waals surface area contributed by atoms with Gasteiger partial charge in [-0.05, 0) is 64.9 Å². The first kappa shape index (κ1) is 37.1. The summed E-state index contributed by atoms with van der Waals surface area (Å²) in [6.07, 6.45) is -2.44. The van der Waals surface area contributed by atoms with Gasteiger partial charge < -0.3 is 39.2 Å². The van der Waals surface area contributed by atoms with Gasteiger partial charge >= 0.3 is 12.1 Å². The van der Waals surface area contributed by atoms with Crippen molar-refractivity contribution in [2.24, 2.45) is 0 Å². The lowest BCUT2D eigenvalue weighted by Gasteiger charge is -2.32. The Hall–Kier alpha value is -6.27. The van der Waals surface area contributed by atoms with E-state index in [4.69, 9.17) is 23.7 Å². The van der Waals surface area contributed by atoms with Crippen molar-refractivity contribution in [1.82, 2.24) is 4.90 Å². The molecule has 2 aliphatic heterocycles. The number of amides is 4. The van der Waals surface area contributed by atoms with E-state index in [-0.39, 0.29) is 17.1 Å². The number of carbonyl (C=O) groups excluding carboxylic acids is 3. The van der Waals surface area contributed by atoms with Crippen LogP contribution < -0.4 is 30.2 Å². The molecule has 2 heterocycles. The van der Waals surface area contributed by atoms with Crippen molar-refractivity contribution in [2.75, 3.05) is 43.3 Å². The lowest BCUT2D eigenvalue weighted by molar-refractivity contribution is -0.0520. The summed E-state index contributed by atoms with van der Waals surface area (Å²) >= 11 is 0. The van der Waals surface area contributed by atoms with Crippen LogP contribution in [0.1, 0.15) is 36.7 Å². The number of carbonyl (C=O) groups is 3. The Kier molecular flexibility index (Phi) is 10.5. The second kappa shape index (κ2) is 15.6. The van der Waals surface area contributed by atoms with E-state index >= 15 is 0 Å². The van der Waals surface area contributed by atoms with Gasteiger partial charge in [-0.3, -0.25) is 10.1 Å². The fourth-order valence-corrected chi connectivity index (χ4v) is 7.04. The molecule has 4 unspecified atom stereocenters. The van der Waals surface area contributed by atoms with Crippen LogP contribution in [0.25, 0.3) is 10.8 Å². The first-order valence-corrected chi connectivity index (χ1v) is 18.1. The highest BCUT2D eigenvalue weighted by Crippen LogP contribution is 2.40. The summed E-state index contributed by atoms with van der Waals surface area (Å²) in [6, 6.07) is 33.0. The van der Waals surface area contributed by atoms with Gasteiger partial charge in [0.15, 0.2) is 18.0 Å². The van der Waals surface area contributed by atoms with Gasteiger partial charge in [-0.25, -0.2) is 9.59 Å². The fourth-order valence-electron chi connectivity index (χ4n) is 7.04. The van der Waals surface area contributed by atoms with Crippen LogP contribution in [0.15, 0.2) is 109 Å². The number of likely N-dealkylation sites (tertiary alicyclic amines) is 1. The zero-order valence-corrected chi connectivity index (χ0v) is 31.3. The number of rotatable bonds is 9. The number of benzene rings is 5. The van der Waals surface area contributed by atoms with Crippen LogP contribution in [-0.2, 0) is 14.9 Å². The highest BCUT2D eigenvalue weighted by molar-refractivity contribution is 6.13. The molecule has 12 heteroatoms. The van der Waals surface area contributed by atoms with E-state index in [9.17, 15) is 14.4 Å². The Labute approximate surface area is 319 Å². The monoisotopic (exact) mass is 744 g/mol. The van der Waals surface area contributed by atoms with E-state index in [2.05, 4.69) is 16.0 Å². The molecule has 5 aromatic rings. The van der Waals surface area contributed by atoms with Gasteiger partial charge in [-0.15, -0.1) is 0 Å². The third-order valence-corrected chi connectivity index (χ3v) is 9.76. The number of methoxy groups -OCH3 is 2. The molecule has 284 valence electrons. The lowest BCUT2D eigenvalue weighted by atomic mass is 9.86. The number of hydrogen-bond donors (Lipinski definition) is 3. The topological polar surface area (TPSA) is 137 Å². The fraction of sp³-hybridized carbons (Fsp3) is 0.279. The molecule has 0 radical (unpaired) electrons. The Morgan fingerprint density at radius 1 is 0.673 bits per heavy atom. The number of morpholine rings is 1. The number of nitrogens with one attached hydrogen (secondary N) is 3. The maximum absolute atomic E-state index is 14.4. The second-order valence-electron chi connectivity index (χ2n) is 14.5. The zero-order valence-electron chi connectivity index (χ0n) is 31.3. The van der Waals surface area contributed by atoms with E-state index in [0.29, 0.717) is 58.0 Å². The summed E-state index contributed by atoms with van der Waals surface area (Å²) in [4.78, 5) is 41.9. The standard InChI is InChI=1S/C43H44N4O8/c1-43(2,3)26-22-33(37(51-4)34(23-26)46-42(50)52-5)45-41(49)44-32-21-20-31(29-18-12-13-19-30(29)32)40(48)47-24-35-38(53-27-14-8-6-9-15-27)39(36(25-47)55-35)54-28-16-10-7-11-17-28/h6-23,35-36,38-39H,24-25H2,1-5H3,(H,46,50)(H2,44,45,49). The van der Waals surface area contributed by atoms with Crippen LogP contribution in [0.2, 0.25) is 0 Å². The number of ether oxygens (including phenoxy) is 5. The van der Waals surface area contributed by atoms with Crippen LogP contribution in [0.4, 0.5) is 26.7 Å². The van der Waals surface area contributed by atoms with E-state index < -0.39 is 36.5 Å². The first-order chi connectivity index (χ1) is 26.5. The number of nitrogens with zero attached hydrogens (tertiary/aromatic N) is 1. The van der Waals surface area contributed by atoms with Crippen LogP contribution in [0.5, 0.6) is 17.2 Å². The van der Waals surface area contributed by atoms with Crippen molar-refractivity contribution in [1.29, 1.82) is 0 Å². The average Bonchev–Trinajstić information content (AvgIpc) is 3.41. The predicted molar refractivity (Wildman–Crippen MR) is 211 cm³/mol. The summed E-state index contributed by atoms with van der Waals surface area (Å²) in [6.45, 7) is 6.67. The molecule has 2 saturated heterocycles. The molecule has 7 rings (SSSR count). The molecule has 4 atom stereocenters. The predicted octanol–water partition coefficient (Wildman–Crippen LogP) is 8.09. The third-order valence-electron chi connectivity index (χ3n) is 9.76. The molecule has 2 bridgehead atoms. The molecule has 0 aromatic heterocycles. The molecule has 12 nitrogen and oxygen atoms in total. The highest BCUT2D eigenvalue weighted by Gasteiger charge is 2.53. The maximum atomic E-state index is 14.4. The minimum absolute atomic E-state index is 0.168. The quantitative estimate of drug-likeness (QED) is 0.138. The SMILES string of the molecule is COC(=O)Nc1cc(C(C)(C)C)cc(NC(=O)Nc2ccc(C(=O)N3CC4OC(C3)C(Oc3ccccc3)C4Oc3ccccc3)c3ccccc23)c1OC. The van der Waals surface area contributed by atoms with Gasteiger partial charge in [0.2, 0.25) is 0 Å². The molecule has 2 aliphatic rings.